The first-order chi connectivity index (χ1) is 9.89. The van der Waals surface area contributed by atoms with E-state index in [2.05, 4.69) is 4.98 Å². The van der Waals surface area contributed by atoms with Crippen LogP contribution in [-0.2, 0) is 14.8 Å². The molecule has 21 heavy (non-hydrogen) atoms. The number of thiazole rings is 1. The van der Waals surface area contributed by atoms with E-state index in [1.54, 1.807) is 24.6 Å². The molecule has 0 saturated carbocycles. The summed E-state index contributed by atoms with van der Waals surface area (Å²) in [5.74, 6) is -1.78. The second-order valence-electron chi connectivity index (χ2n) is 5.23. The lowest BCUT2D eigenvalue weighted by Crippen LogP contribution is -2.30. The van der Waals surface area contributed by atoms with Crippen LogP contribution in [0.2, 0.25) is 0 Å². The number of carbonyl (C=O) groups is 1. The van der Waals surface area contributed by atoms with Crippen molar-refractivity contribution in [1.29, 1.82) is 0 Å². The van der Waals surface area contributed by atoms with Crippen molar-refractivity contribution in [2.45, 2.75) is 11.8 Å². The maximum atomic E-state index is 12.6. The topological polar surface area (TPSA) is 87.6 Å². The Bertz CT molecular complexity index is 799. The monoisotopic (exact) mass is 326 g/mol. The Hall–Kier alpha value is -1.51. The molecule has 1 fully saturated rings. The zero-order valence-electron chi connectivity index (χ0n) is 11.3. The number of hydrogen-bond donors (Lipinski definition) is 1. The molecule has 1 N–H and O–H groups in total. The Balaban J connectivity index is 1.95. The Kier molecular flexibility index (Phi) is 3.46. The van der Waals surface area contributed by atoms with Crippen LogP contribution in [0.3, 0.4) is 0 Å². The third-order valence-electron chi connectivity index (χ3n) is 3.84. The average molecular weight is 326 g/mol. The van der Waals surface area contributed by atoms with Crippen molar-refractivity contribution in [1.82, 2.24) is 9.29 Å². The molecule has 1 saturated heterocycles. The van der Waals surface area contributed by atoms with Crippen molar-refractivity contribution in [3.63, 3.8) is 0 Å². The van der Waals surface area contributed by atoms with Gasteiger partial charge in [-0.25, -0.2) is 13.4 Å². The van der Waals surface area contributed by atoms with Gasteiger partial charge in [0, 0.05) is 13.1 Å². The largest absolute Gasteiger partial charge is 0.481 e. The molecule has 0 aliphatic carbocycles. The maximum absolute atomic E-state index is 12.6. The standard InChI is InChI=1S/C13H14N2O4S2/c1-8-5-15(6-10(8)13(16)17)21(18,19)9-2-3-11-12(4-9)20-7-14-11/h2-4,7-8,10H,5-6H2,1H3,(H,16,17)/t8-,10-/m1/s1. The lowest BCUT2D eigenvalue weighted by Gasteiger charge is -2.16. The number of hydrogen-bond acceptors (Lipinski definition) is 5. The quantitative estimate of drug-likeness (QED) is 0.926. The molecule has 1 aliphatic rings. The first kappa shape index (κ1) is 14.4. The van der Waals surface area contributed by atoms with Crippen LogP contribution in [0.15, 0.2) is 28.6 Å². The van der Waals surface area contributed by atoms with Crippen molar-refractivity contribution < 1.29 is 18.3 Å². The van der Waals surface area contributed by atoms with Gasteiger partial charge < -0.3 is 5.11 Å². The van der Waals surface area contributed by atoms with Crippen LogP contribution in [0.1, 0.15) is 6.92 Å². The lowest BCUT2D eigenvalue weighted by molar-refractivity contribution is -0.142. The molecule has 1 aliphatic heterocycles. The number of sulfonamides is 1. The van der Waals surface area contributed by atoms with E-state index in [9.17, 15) is 13.2 Å². The molecule has 6 nitrogen and oxygen atoms in total. The SMILES string of the molecule is C[C@@H]1CN(S(=O)(=O)c2ccc3ncsc3c2)C[C@H]1C(=O)O. The number of benzene rings is 1. The summed E-state index contributed by atoms with van der Waals surface area (Å²) in [6, 6.07) is 4.80. The highest BCUT2D eigenvalue weighted by atomic mass is 32.2. The third-order valence-corrected chi connectivity index (χ3v) is 6.46. The number of nitrogens with zero attached hydrogens (tertiary/aromatic N) is 2. The fourth-order valence-corrected chi connectivity index (χ4v) is 4.97. The number of carboxylic acids is 1. The lowest BCUT2D eigenvalue weighted by atomic mass is 9.99. The highest BCUT2D eigenvalue weighted by molar-refractivity contribution is 7.89. The fourth-order valence-electron chi connectivity index (χ4n) is 2.58. The molecule has 0 radical (unpaired) electrons. The molecule has 112 valence electrons. The van der Waals surface area contributed by atoms with E-state index >= 15 is 0 Å². The van der Waals surface area contributed by atoms with Crippen molar-refractivity contribution in [3.05, 3.63) is 23.7 Å². The van der Waals surface area contributed by atoms with Crippen LogP contribution in [0, 0.1) is 11.8 Å². The average Bonchev–Trinajstić information content (AvgIpc) is 3.03. The van der Waals surface area contributed by atoms with Gasteiger partial charge in [-0.15, -0.1) is 11.3 Å². The van der Waals surface area contributed by atoms with Crippen LogP contribution in [0.25, 0.3) is 10.2 Å². The van der Waals surface area contributed by atoms with E-state index in [4.69, 9.17) is 5.11 Å². The Morgan fingerprint density at radius 2 is 2.19 bits per heavy atom. The highest BCUT2D eigenvalue weighted by Crippen LogP contribution is 2.30. The molecule has 1 aromatic carbocycles. The van der Waals surface area contributed by atoms with Crippen LogP contribution in [-0.4, -0.2) is 41.9 Å². The van der Waals surface area contributed by atoms with Crippen molar-refractivity contribution in [2.24, 2.45) is 11.8 Å². The third kappa shape index (κ3) is 2.43. The summed E-state index contributed by atoms with van der Waals surface area (Å²) in [6.45, 7) is 2.03. The number of fused-ring (bicyclic) bond motifs is 1. The summed E-state index contributed by atoms with van der Waals surface area (Å²) < 4.78 is 27.3. The summed E-state index contributed by atoms with van der Waals surface area (Å²) in [5, 5.41) is 9.12. The fraction of sp³-hybridized carbons (Fsp3) is 0.385. The predicted octanol–water partition coefficient (Wildman–Crippen LogP) is 1.64. The van der Waals surface area contributed by atoms with Gasteiger partial charge in [0.15, 0.2) is 0 Å². The van der Waals surface area contributed by atoms with Crippen LogP contribution < -0.4 is 0 Å². The van der Waals surface area contributed by atoms with Crippen molar-refractivity contribution >= 4 is 37.5 Å². The molecule has 8 heteroatoms. The molecule has 3 rings (SSSR count). The van der Waals surface area contributed by atoms with Crippen molar-refractivity contribution in [3.8, 4) is 0 Å². The van der Waals surface area contributed by atoms with Crippen molar-refractivity contribution in [2.75, 3.05) is 13.1 Å². The Morgan fingerprint density at radius 1 is 1.43 bits per heavy atom. The Morgan fingerprint density at radius 3 is 2.86 bits per heavy atom. The van der Waals surface area contributed by atoms with Gasteiger partial charge in [-0.2, -0.15) is 4.31 Å². The molecule has 2 heterocycles. The van der Waals surface area contributed by atoms with Crippen LogP contribution in [0.4, 0.5) is 0 Å². The summed E-state index contributed by atoms with van der Waals surface area (Å²) in [5.41, 5.74) is 2.43. The molecule has 0 amide bonds. The van der Waals surface area contributed by atoms with Crippen LogP contribution >= 0.6 is 11.3 Å². The number of aliphatic carboxylic acids is 1. The van der Waals surface area contributed by atoms with E-state index < -0.39 is 21.9 Å². The number of aromatic nitrogens is 1. The first-order valence-corrected chi connectivity index (χ1v) is 8.78. The molecular formula is C13H14N2O4S2. The molecule has 0 spiro atoms. The summed E-state index contributed by atoms with van der Waals surface area (Å²) in [6.07, 6.45) is 0. The van der Waals surface area contributed by atoms with E-state index in [0.717, 1.165) is 10.2 Å². The molecule has 2 aromatic rings. The van der Waals surface area contributed by atoms with Gasteiger partial charge in [0.05, 0.1) is 26.5 Å². The predicted molar refractivity (Wildman–Crippen MR) is 78.7 cm³/mol. The zero-order chi connectivity index (χ0) is 15.2. The van der Waals surface area contributed by atoms with Gasteiger partial charge in [-0.3, -0.25) is 4.79 Å². The van der Waals surface area contributed by atoms with E-state index in [1.807, 2.05) is 0 Å². The van der Waals surface area contributed by atoms with Gasteiger partial charge in [0.1, 0.15) is 0 Å². The molecule has 2 atom stereocenters. The van der Waals surface area contributed by atoms with E-state index in [1.165, 1.54) is 21.7 Å². The Labute approximate surface area is 126 Å². The minimum absolute atomic E-state index is 0.0273. The second kappa shape index (κ2) is 5.04. The van der Waals surface area contributed by atoms with E-state index in [0.29, 0.717) is 0 Å². The minimum atomic E-state index is -3.66. The van der Waals surface area contributed by atoms with Gasteiger partial charge in [0.25, 0.3) is 0 Å². The maximum Gasteiger partial charge on any atom is 0.308 e. The van der Waals surface area contributed by atoms with Gasteiger partial charge in [-0.1, -0.05) is 6.92 Å². The summed E-state index contributed by atoms with van der Waals surface area (Å²) in [7, 11) is -3.66. The molecule has 1 aromatic heterocycles. The minimum Gasteiger partial charge on any atom is -0.481 e. The van der Waals surface area contributed by atoms with Crippen LogP contribution in [0.5, 0.6) is 0 Å². The van der Waals surface area contributed by atoms with Gasteiger partial charge in [0.2, 0.25) is 10.0 Å². The van der Waals surface area contributed by atoms with E-state index in [-0.39, 0.29) is 23.9 Å². The first-order valence-electron chi connectivity index (χ1n) is 6.46. The summed E-state index contributed by atoms with van der Waals surface area (Å²) in [4.78, 5) is 15.4. The molecular weight excluding hydrogens is 312 g/mol. The molecule has 0 bridgehead atoms. The smallest absolute Gasteiger partial charge is 0.308 e. The van der Waals surface area contributed by atoms with Gasteiger partial charge in [-0.05, 0) is 24.1 Å². The summed E-state index contributed by atoms with van der Waals surface area (Å²) >= 11 is 1.38. The number of carboxylic acid groups (broad SMARTS) is 1. The normalized spacial score (nSPS) is 23.7. The second-order valence-corrected chi connectivity index (χ2v) is 8.05. The zero-order valence-corrected chi connectivity index (χ0v) is 12.9. The van der Waals surface area contributed by atoms with Gasteiger partial charge >= 0.3 is 5.97 Å². The number of rotatable bonds is 3. The molecule has 0 unspecified atom stereocenters. The highest BCUT2D eigenvalue weighted by Gasteiger charge is 2.40.